The van der Waals surface area contributed by atoms with Gasteiger partial charge in [-0.1, -0.05) is 42.5 Å². The molecule has 202 valence electrons. The SMILES string of the molecule is O=C1Nc2ccc(S(=O)(=O)NC3CCOC3)cc2/C1=C(/Nc1ccc(CN2CCCC2)cc1)c1ccccc1. The third-order valence-electron chi connectivity index (χ3n) is 7.44. The molecule has 1 unspecified atom stereocenters. The molecule has 8 nitrogen and oxygen atoms in total. The fourth-order valence-corrected chi connectivity index (χ4v) is 6.68. The fraction of sp³-hybridized carbons (Fsp3) is 0.300. The Morgan fingerprint density at radius 3 is 2.49 bits per heavy atom. The number of likely N-dealkylation sites (tertiary alicyclic amines) is 1. The van der Waals surface area contributed by atoms with Crippen LogP contribution in [0.4, 0.5) is 11.4 Å². The quantitative estimate of drug-likeness (QED) is 0.366. The molecule has 3 aliphatic heterocycles. The van der Waals surface area contributed by atoms with Gasteiger partial charge in [-0.25, -0.2) is 13.1 Å². The van der Waals surface area contributed by atoms with Gasteiger partial charge in [0.15, 0.2) is 0 Å². The predicted molar refractivity (Wildman–Crippen MR) is 152 cm³/mol. The third-order valence-corrected chi connectivity index (χ3v) is 8.96. The first-order chi connectivity index (χ1) is 19.0. The van der Waals surface area contributed by atoms with Crippen molar-refractivity contribution in [3.05, 3.63) is 89.5 Å². The van der Waals surface area contributed by atoms with E-state index in [0.29, 0.717) is 42.2 Å². The molecule has 0 aromatic heterocycles. The van der Waals surface area contributed by atoms with Crippen molar-refractivity contribution >= 4 is 38.6 Å². The molecular formula is C30H32N4O4S. The van der Waals surface area contributed by atoms with E-state index in [-0.39, 0.29) is 16.8 Å². The Morgan fingerprint density at radius 2 is 1.77 bits per heavy atom. The number of benzene rings is 3. The minimum Gasteiger partial charge on any atom is -0.380 e. The van der Waals surface area contributed by atoms with Gasteiger partial charge >= 0.3 is 0 Å². The smallest absolute Gasteiger partial charge is 0.258 e. The van der Waals surface area contributed by atoms with E-state index in [9.17, 15) is 13.2 Å². The molecule has 0 spiro atoms. The zero-order valence-corrected chi connectivity index (χ0v) is 22.5. The summed E-state index contributed by atoms with van der Waals surface area (Å²) in [7, 11) is -3.79. The number of rotatable bonds is 8. The van der Waals surface area contributed by atoms with Crippen LogP contribution in [0.5, 0.6) is 0 Å². The molecule has 2 saturated heterocycles. The second-order valence-electron chi connectivity index (χ2n) is 10.3. The number of carbonyl (C=O) groups excluding carboxylic acids is 1. The van der Waals surface area contributed by atoms with Crippen LogP contribution >= 0.6 is 0 Å². The maximum absolute atomic E-state index is 13.3. The Morgan fingerprint density at radius 1 is 1.00 bits per heavy atom. The summed E-state index contributed by atoms with van der Waals surface area (Å²) in [6.07, 6.45) is 3.14. The van der Waals surface area contributed by atoms with Crippen molar-refractivity contribution in [3.63, 3.8) is 0 Å². The number of amides is 1. The number of fused-ring (bicyclic) bond motifs is 1. The molecule has 6 rings (SSSR count). The molecule has 0 saturated carbocycles. The van der Waals surface area contributed by atoms with Gasteiger partial charge in [-0.2, -0.15) is 0 Å². The summed E-state index contributed by atoms with van der Waals surface area (Å²) in [5, 5.41) is 6.38. The van der Waals surface area contributed by atoms with Gasteiger partial charge in [0.2, 0.25) is 10.0 Å². The van der Waals surface area contributed by atoms with E-state index < -0.39 is 10.0 Å². The Kier molecular flexibility index (Phi) is 7.22. The van der Waals surface area contributed by atoms with E-state index in [1.54, 1.807) is 12.1 Å². The molecule has 2 fully saturated rings. The van der Waals surface area contributed by atoms with Gasteiger partial charge in [0.1, 0.15) is 0 Å². The molecule has 0 bridgehead atoms. The van der Waals surface area contributed by atoms with Crippen molar-refractivity contribution in [1.29, 1.82) is 0 Å². The van der Waals surface area contributed by atoms with Crippen LogP contribution in [-0.4, -0.2) is 51.6 Å². The van der Waals surface area contributed by atoms with E-state index in [0.717, 1.165) is 30.9 Å². The molecule has 1 amide bonds. The zero-order valence-electron chi connectivity index (χ0n) is 21.7. The lowest BCUT2D eigenvalue weighted by molar-refractivity contribution is -0.110. The summed E-state index contributed by atoms with van der Waals surface area (Å²) < 4.78 is 34.4. The summed E-state index contributed by atoms with van der Waals surface area (Å²) in [6.45, 7) is 4.10. The number of anilines is 2. The van der Waals surface area contributed by atoms with Gasteiger partial charge in [-0.3, -0.25) is 9.69 Å². The summed E-state index contributed by atoms with van der Waals surface area (Å²) in [4.78, 5) is 15.9. The Labute approximate surface area is 229 Å². The summed E-state index contributed by atoms with van der Waals surface area (Å²) in [6, 6.07) is 22.4. The number of carbonyl (C=O) groups is 1. The van der Waals surface area contributed by atoms with E-state index in [4.69, 9.17) is 4.74 Å². The second-order valence-corrected chi connectivity index (χ2v) is 12.0. The first-order valence-corrected chi connectivity index (χ1v) is 14.9. The molecule has 3 aliphatic rings. The van der Waals surface area contributed by atoms with Crippen molar-refractivity contribution in [3.8, 4) is 0 Å². The first-order valence-electron chi connectivity index (χ1n) is 13.4. The summed E-state index contributed by atoms with van der Waals surface area (Å²) in [5.74, 6) is -0.284. The van der Waals surface area contributed by atoms with Gasteiger partial charge < -0.3 is 15.4 Å². The number of nitrogens with one attached hydrogen (secondary N) is 3. The summed E-state index contributed by atoms with van der Waals surface area (Å²) >= 11 is 0. The number of hydrogen-bond donors (Lipinski definition) is 3. The molecular weight excluding hydrogens is 512 g/mol. The first kappa shape index (κ1) is 25.8. The molecule has 9 heteroatoms. The molecule has 3 aromatic rings. The molecule has 3 N–H and O–H groups in total. The van der Waals surface area contributed by atoms with Crippen LogP contribution in [0, 0.1) is 0 Å². The lowest BCUT2D eigenvalue weighted by atomic mass is 10.00. The minimum absolute atomic E-state index is 0.112. The maximum atomic E-state index is 13.3. The van der Waals surface area contributed by atoms with E-state index >= 15 is 0 Å². The van der Waals surface area contributed by atoms with Gasteiger partial charge in [-0.15, -0.1) is 0 Å². The average molecular weight is 545 g/mol. The van der Waals surface area contributed by atoms with Crippen molar-refractivity contribution in [2.45, 2.75) is 36.7 Å². The number of hydrogen-bond acceptors (Lipinski definition) is 6. The van der Waals surface area contributed by atoms with Crippen LogP contribution in [0.3, 0.4) is 0 Å². The van der Waals surface area contributed by atoms with Crippen LogP contribution in [0.25, 0.3) is 11.3 Å². The highest BCUT2D eigenvalue weighted by Crippen LogP contribution is 2.39. The minimum atomic E-state index is -3.79. The van der Waals surface area contributed by atoms with Gasteiger partial charge in [0.05, 0.1) is 22.8 Å². The molecule has 39 heavy (non-hydrogen) atoms. The molecule has 1 atom stereocenters. The third kappa shape index (κ3) is 5.62. The average Bonchev–Trinajstić information content (AvgIpc) is 3.70. The normalized spacial score (nSPS) is 20.6. The lowest BCUT2D eigenvalue weighted by Crippen LogP contribution is -2.35. The fourth-order valence-electron chi connectivity index (χ4n) is 5.40. The standard InChI is InChI=1S/C30H32N4O4S/c35-30-28(26-18-25(12-13-27(26)32-30)39(36,37)33-24-14-17-38-20-24)29(22-6-2-1-3-7-22)31-23-10-8-21(9-11-23)19-34-15-4-5-16-34/h1-3,6-13,18,24,31,33H,4-5,14-17,19-20H2,(H,32,35)/b29-28-. The van der Waals surface area contributed by atoms with Crippen LogP contribution < -0.4 is 15.4 Å². The van der Waals surface area contributed by atoms with E-state index in [2.05, 4.69) is 32.4 Å². The highest BCUT2D eigenvalue weighted by Gasteiger charge is 2.31. The van der Waals surface area contributed by atoms with Crippen molar-refractivity contribution in [2.24, 2.45) is 0 Å². The van der Waals surface area contributed by atoms with Crippen molar-refractivity contribution in [1.82, 2.24) is 9.62 Å². The van der Waals surface area contributed by atoms with Gasteiger partial charge in [-0.05, 0) is 73.8 Å². The van der Waals surface area contributed by atoms with Crippen molar-refractivity contribution < 1.29 is 17.9 Å². The Hall–Kier alpha value is -3.50. The number of ether oxygens (including phenoxy) is 1. The Bertz CT molecular complexity index is 1490. The van der Waals surface area contributed by atoms with Crippen LogP contribution in [0.1, 0.15) is 36.0 Å². The maximum Gasteiger partial charge on any atom is 0.258 e. The Balaban J connectivity index is 1.36. The van der Waals surface area contributed by atoms with Gasteiger partial charge in [0.25, 0.3) is 5.91 Å². The lowest BCUT2D eigenvalue weighted by Gasteiger charge is -2.17. The monoisotopic (exact) mass is 544 g/mol. The largest absolute Gasteiger partial charge is 0.380 e. The van der Waals surface area contributed by atoms with E-state index in [1.807, 2.05) is 42.5 Å². The second kappa shape index (κ2) is 10.9. The van der Waals surface area contributed by atoms with Crippen LogP contribution in [-0.2, 0) is 26.1 Å². The van der Waals surface area contributed by atoms with Crippen LogP contribution in [0.15, 0.2) is 77.7 Å². The number of nitrogens with zero attached hydrogens (tertiary/aromatic N) is 1. The molecule has 3 aromatic carbocycles. The number of sulfonamides is 1. The topological polar surface area (TPSA) is 99.8 Å². The predicted octanol–water partition coefficient (Wildman–Crippen LogP) is 4.28. The molecule has 3 heterocycles. The highest BCUT2D eigenvalue weighted by atomic mass is 32.2. The van der Waals surface area contributed by atoms with Crippen molar-refractivity contribution in [2.75, 3.05) is 36.9 Å². The van der Waals surface area contributed by atoms with Gasteiger partial charge in [0, 0.05) is 36.1 Å². The highest BCUT2D eigenvalue weighted by molar-refractivity contribution is 7.89. The van der Waals surface area contributed by atoms with Crippen LogP contribution in [0.2, 0.25) is 0 Å². The molecule has 0 radical (unpaired) electrons. The van der Waals surface area contributed by atoms with E-state index in [1.165, 1.54) is 24.5 Å². The summed E-state index contributed by atoms with van der Waals surface area (Å²) in [5.41, 5.74) is 5.06. The zero-order chi connectivity index (χ0) is 26.8. The molecule has 0 aliphatic carbocycles.